The summed E-state index contributed by atoms with van der Waals surface area (Å²) in [5, 5.41) is 0. The third-order valence-corrected chi connectivity index (χ3v) is 6.14. The van der Waals surface area contributed by atoms with Crippen molar-refractivity contribution in [2.75, 3.05) is 51.3 Å². The van der Waals surface area contributed by atoms with Gasteiger partial charge >= 0.3 is 0 Å². The highest BCUT2D eigenvalue weighted by Gasteiger charge is 2.23. The lowest BCUT2D eigenvalue weighted by Crippen LogP contribution is -2.40. The molecule has 0 saturated carbocycles. The Labute approximate surface area is 207 Å². The maximum absolute atomic E-state index is 14.3. The van der Waals surface area contributed by atoms with Gasteiger partial charge in [-0.2, -0.15) is 0 Å². The van der Waals surface area contributed by atoms with Crippen molar-refractivity contribution in [2.24, 2.45) is 5.92 Å². The average Bonchev–Trinajstić information content (AvgIpc) is 3.33. The monoisotopic (exact) mass is 487 g/mol. The third kappa shape index (κ3) is 8.14. The van der Waals surface area contributed by atoms with E-state index in [4.69, 9.17) is 4.74 Å². The number of ether oxygens (including phenoxy) is 1. The van der Waals surface area contributed by atoms with Gasteiger partial charge in [-0.05, 0) is 55.6 Å². The van der Waals surface area contributed by atoms with Crippen LogP contribution in [0.2, 0.25) is 0 Å². The van der Waals surface area contributed by atoms with Crippen LogP contribution in [-0.4, -0.2) is 77.6 Å². The van der Waals surface area contributed by atoms with Crippen molar-refractivity contribution in [3.8, 4) is 0 Å². The fourth-order valence-electron chi connectivity index (χ4n) is 4.57. The van der Waals surface area contributed by atoms with Crippen LogP contribution >= 0.6 is 0 Å². The molecule has 1 aromatic heterocycles. The highest BCUT2D eigenvalue weighted by Crippen LogP contribution is 2.25. The first-order chi connectivity index (χ1) is 16.9. The van der Waals surface area contributed by atoms with Gasteiger partial charge in [0.05, 0.1) is 6.33 Å². The van der Waals surface area contributed by atoms with E-state index in [1.807, 2.05) is 10.8 Å². The number of methoxy groups -OCH3 is 1. The molecule has 0 spiro atoms. The molecule has 2 amide bonds. The average molecular weight is 488 g/mol. The Morgan fingerprint density at radius 1 is 1.11 bits per heavy atom. The van der Waals surface area contributed by atoms with Crippen LogP contribution < -0.4 is 4.90 Å². The Morgan fingerprint density at radius 2 is 1.89 bits per heavy atom. The van der Waals surface area contributed by atoms with E-state index in [2.05, 4.69) is 23.7 Å². The van der Waals surface area contributed by atoms with E-state index in [9.17, 15) is 14.0 Å². The summed E-state index contributed by atoms with van der Waals surface area (Å²) >= 11 is 0. The quantitative estimate of drug-likeness (QED) is 0.600. The van der Waals surface area contributed by atoms with E-state index in [0.717, 1.165) is 32.5 Å². The number of rotatable bonds is 7. The van der Waals surface area contributed by atoms with Crippen molar-refractivity contribution in [3.05, 3.63) is 48.3 Å². The number of carbonyl (C=O) groups is 2. The van der Waals surface area contributed by atoms with Gasteiger partial charge in [-0.3, -0.25) is 9.59 Å². The minimum atomic E-state index is -0.385. The fraction of sp³-hybridized carbons (Fsp3) is 0.577. The van der Waals surface area contributed by atoms with E-state index in [1.165, 1.54) is 19.2 Å². The van der Waals surface area contributed by atoms with E-state index in [-0.39, 0.29) is 30.8 Å². The molecule has 0 fully saturated rings. The number of halogens is 1. The van der Waals surface area contributed by atoms with Crippen LogP contribution in [0.5, 0.6) is 0 Å². The zero-order chi connectivity index (χ0) is 25.2. The molecule has 1 aliphatic rings. The van der Waals surface area contributed by atoms with Gasteiger partial charge in [0, 0.05) is 64.3 Å². The van der Waals surface area contributed by atoms with Crippen LogP contribution in [0.25, 0.3) is 0 Å². The second kappa shape index (κ2) is 13.3. The molecule has 1 aromatic carbocycles. The van der Waals surface area contributed by atoms with Gasteiger partial charge in [-0.1, -0.05) is 13.8 Å². The van der Waals surface area contributed by atoms with Crippen molar-refractivity contribution in [2.45, 2.75) is 46.2 Å². The van der Waals surface area contributed by atoms with E-state index in [1.54, 1.807) is 28.4 Å². The number of hydrogen-bond acceptors (Lipinski definition) is 5. The first-order valence-electron chi connectivity index (χ1n) is 12.4. The van der Waals surface area contributed by atoms with E-state index in [0.29, 0.717) is 43.2 Å². The molecule has 2 aromatic rings. The number of imidazole rings is 1. The molecule has 0 N–H and O–H groups in total. The molecule has 35 heavy (non-hydrogen) atoms. The molecular weight excluding hydrogens is 449 g/mol. The maximum Gasteiger partial charge on any atom is 0.252 e. The van der Waals surface area contributed by atoms with Crippen molar-refractivity contribution in [3.63, 3.8) is 0 Å². The second-order valence-electron chi connectivity index (χ2n) is 9.52. The van der Waals surface area contributed by atoms with Crippen LogP contribution in [0.4, 0.5) is 10.1 Å². The number of anilines is 1. The van der Waals surface area contributed by atoms with Gasteiger partial charge in [-0.25, -0.2) is 9.37 Å². The van der Waals surface area contributed by atoms with Crippen molar-refractivity contribution < 1.29 is 18.7 Å². The molecule has 0 atom stereocenters. The zero-order valence-electron chi connectivity index (χ0n) is 21.2. The lowest BCUT2D eigenvalue weighted by Gasteiger charge is -2.32. The summed E-state index contributed by atoms with van der Waals surface area (Å²) in [5.74, 6) is -0.0448. The number of aromatic nitrogens is 2. The number of hydrogen-bond donors (Lipinski definition) is 0. The molecule has 3 rings (SSSR count). The van der Waals surface area contributed by atoms with Gasteiger partial charge in [0.15, 0.2) is 0 Å². The van der Waals surface area contributed by atoms with E-state index < -0.39 is 0 Å². The Kier molecular flexibility index (Phi) is 10.2. The largest absolute Gasteiger partial charge is 0.375 e. The predicted molar refractivity (Wildman–Crippen MR) is 133 cm³/mol. The highest BCUT2D eigenvalue weighted by atomic mass is 19.1. The summed E-state index contributed by atoms with van der Waals surface area (Å²) in [6.07, 6.45) is 7.17. The van der Waals surface area contributed by atoms with Crippen LogP contribution in [0.3, 0.4) is 0 Å². The molecule has 0 aliphatic carbocycles. The topological polar surface area (TPSA) is 70.9 Å². The van der Waals surface area contributed by atoms with Crippen LogP contribution in [-0.2, 0) is 27.4 Å². The van der Waals surface area contributed by atoms with Gasteiger partial charge in [-0.15, -0.1) is 0 Å². The third-order valence-electron chi connectivity index (χ3n) is 6.14. The zero-order valence-corrected chi connectivity index (χ0v) is 21.2. The molecule has 0 bridgehead atoms. The summed E-state index contributed by atoms with van der Waals surface area (Å²) in [5.41, 5.74) is 1.27. The maximum atomic E-state index is 14.3. The van der Waals surface area contributed by atoms with E-state index >= 15 is 0 Å². The lowest BCUT2D eigenvalue weighted by molar-refractivity contribution is -0.132. The van der Waals surface area contributed by atoms with Crippen LogP contribution in [0.15, 0.2) is 36.9 Å². The number of fused-ring (bicyclic) bond motifs is 1. The minimum absolute atomic E-state index is 0.00357. The van der Waals surface area contributed by atoms with Crippen LogP contribution in [0, 0.1) is 11.7 Å². The normalized spacial score (nSPS) is 16.0. The first-order valence-corrected chi connectivity index (χ1v) is 12.4. The van der Waals surface area contributed by atoms with Crippen molar-refractivity contribution in [1.29, 1.82) is 0 Å². The fourth-order valence-corrected chi connectivity index (χ4v) is 4.57. The smallest absolute Gasteiger partial charge is 0.252 e. The Bertz CT molecular complexity index is 950. The molecule has 192 valence electrons. The van der Waals surface area contributed by atoms with Crippen molar-refractivity contribution >= 4 is 17.5 Å². The van der Waals surface area contributed by atoms with Crippen molar-refractivity contribution in [1.82, 2.24) is 19.4 Å². The SMILES string of the molecule is COCC(=O)N1CCCN(CC(C)C)CCCN(C(=O)CCn2ccnc2)Cc2cc(F)ccc21. The summed E-state index contributed by atoms with van der Waals surface area (Å²) in [4.78, 5) is 36.2. The summed E-state index contributed by atoms with van der Waals surface area (Å²) in [6, 6.07) is 4.45. The number of nitrogens with zero attached hydrogens (tertiary/aromatic N) is 5. The first kappa shape index (κ1) is 26.8. The summed E-state index contributed by atoms with van der Waals surface area (Å²) < 4.78 is 21.3. The van der Waals surface area contributed by atoms with Gasteiger partial charge in [0.2, 0.25) is 5.91 Å². The molecule has 9 heteroatoms. The van der Waals surface area contributed by atoms with Gasteiger partial charge in [0.25, 0.3) is 5.91 Å². The number of aryl methyl sites for hydroxylation is 1. The lowest BCUT2D eigenvalue weighted by atomic mass is 10.1. The number of amides is 2. The minimum Gasteiger partial charge on any atom is -0.375 e. The summed E-state index contributed by atoms with van der Waals surface area (Å²) in [7, 11) is 1.49. The predicted octanol–water partition coefficient (Wildman–Crippen LogP) is 3.17. The molecule has 0 unspecified atom stereocenters. The molecule has 1 aliphatic heterocycles. The number of benzene rings is 1. The molecular formula is C26H38FN5O3. The van der Waals surface area contributed by atoms with Crippen LogP contribution in [0.1, 0.15) is 38.7 Å². The molecule has 8 nitrogen and oxygen atoms in total. The summed E-state index contributed by atoms with van der Waals surface area (Å²) in [6.45, 7) is 8.86. The Hall–Kier alpha value is -2.78. The molecule has 2 heterocycles. The number of carbonyl (C=O) groups excluding carboxylic acids is 2. The Morgan fingerprint density at radius 3 is 2.57 bits per heavy atom. The Balaban J connectivity index is 1.89. The standard InChI is InChI=1S/C26H38FN5O3/c1-21(2)17-29-10-4-12-31(25(33)8-14-30-15-9-28-20-30)18-22-16-23(27)6-7-24(22)32(13-5-11-29)26(34)19-35-3/h6-7,9,15-16,20-21H,4-5,8,10-14,17-19H2,1-3H3. The second-order valence-corrected chi connectivity index (χ2v) is 9.52. The van der Waals surface area contributed by atoms with Gasteiger partial charge in [0.1, 0.15) is 12.4 Å². The molecule has 0 radical (unpaired) electrons. The highest BCUT2D eigenvalue weighted by molar-refractivity contribution is 5.95. The molecule has 0 saturated heterocycles. The van der Waals surface area contributed by atoms with Gasteiger partial charge < -0.3 is 24.0 Å².